The van der Waals surface area contributed by atoms with E-state index in [-0.39, 0.29) is 0 Å². The SMILES string of the molecule is CN=C(NCCCOc1cccc(OC)c1)NCC1CCCS1. The van der Waals surface area contributed by atoms with Crippen molar-refractivity contribution in [2.24, 2.45) is 4.99 Å². The molecule has 1 aromatic carbocycles. The Balaban J connectivity index is 1.57. The Bertz CT molecular complexity index is 490. The monoisotopic (exact) mass is 337 g/mol. The molecule has 0 spiro atoms. The van der Waals surface area contributed by atoms with Gasteiger partial charge in [0.1, 0.15) is 11.5 Å². The van der Waals surface area contributed by atoms with Crippen molar-refractivity contribution in [2.45, 2.75) is 24.5 Å². The summed E-state index contributed by atoms with van der Waals surface area (Å²) in [5.74, 6) is 3.82. The number of methoxy groups -OCH3 is 1. The second kappa shape index (κ2) is 10.3. The molecular weight excluding hydrogens is 310 g/mol. The highest BCUT2D eigenvalue weighted by Crippen LogP contribution is 2.25. The summed E-state index contributed by atoms with van der Waals surface area (Å²) in [6.07, 6.45) is 3.56. The Morgan fingerprint density at radius 1 is 1.35 bits per heavy atom. The molecule has 1 aliphatic rings. The molecule has 6 heteroatoms. The number of guanidine groups is 1. The van der Waals surface area contributed by atoms with Crippen LogP contribution in [-0.4, -0.2) is 50.8 Å². The lowest BCUT2D eigenvalue weighted by Gasteiger charge is -2.15. The minimum atomic E-state index is 0.662. The third kappa shape index (κ3) is 6.60. The van der Waals surface area contributed by atoms with Crippen molar-refractivity contribution < 1.29 is 9.47 Å². The topological polar surface area (TPSA) is 54.9 Å². The van der Waals surface area contributed by atoms with E-state index in [1.54, 1.807) is 7.11 Å². The van der Waals surface area contributed by atoms with Crippen molar-refractivity contribution >= 4 is 17.7 Å². The summed E-state index contributed by atoms with van der Waals surface area (Å²) in [4.78, 5) is 4.26. The number of nitrogens with one attached hydrogen (secondary N) is 2. The first-order valence-corrected chi connectivity index (χ1v) is 9.19. The molecule has 1 saturated heterocycles. The number of ether oxygens (including phenoxy) is 2. The standard InChI is InChI=1S/C17H27N3O2S/c1-18-17(20-13-16-8-4-11-23-16)19-9-5-10-22-15-7-3-6-14(12-15)21-2/h3,6-7,12,16H,4-5,8-11,13H2,1-2H3,(H2,18,19,20). The van der Waals surface area contributed by atoms with Crippen LogP contribution >= 0.6 is 11.8 Å². The van der Waals surface area contributed by atoms with Gasteiger partial charge < -0.3 is 20.1 Å². The highest BCUT2D eigenvalue weighted by Gasteiger charge is 2.15. The van der Waals surface area contributed by atoms with Gasteiger partial charge in [0, 0.05) is 31.5 Å². The van der Waals surface area contributed by atoms with Gasteiger partial charge in [-0.3, -0.25) is 4.99 Å². The summed E-state index contributed by atoms with van der Waals surface area (Å²) in [7, 11) is 3.47. The van der Waals surface area contributed by atoms with E-state index in [0.29, 0.717) is 6.61 Å². The van der Waals surface area contributed by atoms with Crippen LogP contribution in [0.25, 0.3) is 0 Å². The molecule has 0 bridgehead atoms. The van der Waals surface area contributed by atoms with Gasteiger partial charge in [0.25, 0.3) is 0 Å². The van der Waals surface area contributed by atoms with Crippen LogP contribution in [0, 0.1) is 0 Å². The number of nitrogens with zero attached hydrogens (tertiary/aromatic N) is 1. The maximum Gasteiger partial charge on any atom is 0.191 e. The van der Waals surface area contributed by atoms with Gasteiger partial charge in [-0.05, 0) is 37.1 Å². The van der Waals surface area contributed by atoms with Crippen molar-refractivity contribution in [2.75, 3.05) is 39.6 Å². The summed E-state index contributed by atoms with van der Waals surface area (Å²) < 4.78 is 10.9. The fourth-order valence-corrected chi connectivity index (χ4v) is 3.60. The van der Waals surface area contributed by atoms with E-state index in [1.807, 2.05) is 31.3 Å². The summed E-state index contributed by atoms with van der Waals surface area (Å²) >= 11 is 2.05. The highest BCUT2D eigenvalue weighted by molar-refractivity contribution is 8.00. The van der Waals surface area contributed by atoms with Crippen LogP contribution < -0.4 is 20.1 Å². The molecule has 0 amide bonds. The van der Waals surface area contributed by atoms with E-state index >= 15 is 0 Å². The summed E-state index contributed by atoms with van der Waals surface area (Å²) in [5.41, 5.74) is 0. The van der Waals surface area contributed by atoms with Crippen LogP contribution in [0.4, 0.5) is 0 Å². The second-order valence-electron chi connectivity index (χ2n) is 5.40. The Morgan fingerprint density at radius 3 is 2.96 bits per heavy atom. The number of thioether (sulfide) groups is 1. The maximum atomic E-state index is 5.72. The van der Waals surface area contributed by atoms with E-state index in [1.165, 1.54) is 18.6 Å². The Labute approximate surface area is 143 Å². The second-order valence-corrected chi connectivity index (χ2v) is 6.80. The minimum absolute atomic E-state index is 0.662. The largest absolute Gasteiger partial charge is 0.497 e. The first-order valence-electron chi connectivity index (χ1n) is 8.15. The average molecular weight is 337 g/mol. The number of aliphatic imine (C=N–C) groups is 1. The molecule has 128 valence electrons. The van der Waals surface area contributed by atoms with E-state index in [2.05, 4.69) is 27.4 Å². The molecule has 0 aliphatic carbocycles. The van der Waals surface area contributed by atoms with Gasteiger partial charge in [-0.2, -0.15) is 11.8 Å². The quantitative estimate of drug-likeness (QED) is 0.434. The van der Waals surface area contributed by atoms with E-state index in [9.17, 15) is 0 Å². The van der Waals surface area contributed by atoms with Gasteiger partial charge in [0.15, 0.2) is 5.96 Å². The highest BCUT2D eigenvalue weighted by atomic mass is 32.2. The molecule has 1 aromatic rings. The van der Waals surface area contributed by atoms with Crippen molar-refractivity contribution in [3.63, 3.8) is 0 Å². The first kappa shape index (κ1) is 17.8. The third-order valence-corrected chi connectivity index (χ3v) is 5.07. The average Bonchev–Trinajstić information content (AvgIpc) is 3.11. The molecule has 1 unspecified atom stereocenters. The zero-order valence-electron chi connectivity index (χ0n) is 14.0. The molecule has 1 heterocycles. The normalized spacial score (nSPS) is 17.8. The van der Waals surface area contributed by atoms with Gasteiger partial charge in [-0.25, -0.2) is 0 Å². The van der Waals surface area contributed by atoms with Crippen molar-refractivity contribution in [1.29, 1.82) is 0 Å². The molecule has 0 radical (unpaired) electrons. The van der Waals surface area contributed by atoms with Gasteiger partial charge in [0.2, 0.25) is 0 Å². The predicted octanol–water partition coefficient (Wildman–Crippen LogP) is 2.52. The third-order valence-electron chi connectivity index (χ3n) is 3.67. The molecule has 1 atom stereocenters. The van der Waals surface area contributed by atoms with E-state index in [0.717, 1.165) is 42.2 Å². The molecular formula is C17H27N3O2S. The molecule has 5 nitrogen and oxygen atoms in total. The first-order chi connectivity index (χ1) is 11.3. The van der Waals surface area contributed by atoms with Crippen molar-refractivity contribution in [3.8, 4) is 11.5 Å². The molecule has 1 fully saturated rings. The zero-order chi connectivity index (χ0) is 16.3. The van der Waals surface area contributed by atoms with Crippen LogP contribution in [-0.2, 0) is 0 Å². The van der Waals surface area contributed by atoms with Crippen molar-refractivity contribution in [1.82, 2.24) is 10.6 Å². The lowest BCUT2D eigenvalue weighted by molar-refractivity contribution is 0.308. The summed E-state index contributed by atoms with van der Waals surface area (Å²) in [6.45, 7) is 2.49. The molecule has 23 heavy (non-hydrogen) atoms. The van der Waals surface area contributed by atoms with E-state index in [4.69, 9.17) is 9.47 Å². The molecule has 0 aromatic heterocycles. The Hall–Kier alpha value is -1.56. The van der Waals surface area contributed by atoms with Gasteiger partial charge in [-0.1, -0.05) is 6.07 Å². The molecule has 1 aliphatic heterocycles. The van der Waals surface area contributed by atoms with Gasteiger partial charge in [-0.15, -0.1) is 0 Å². The summed E-state index contributed by atoms with van der Waals surface area (Å²) in [6, 6.07) is 7.68. The smallest absolute Gasteiger partial charge is 0.191 e. The van der Waals surface area contributed by atoms with Gasteiger partial charge >= 0.3 is 0 Å². The lowest BCUT2D eigenvalue weighted by atomic mass is 10.2. The van der Waals surface area contributed by atoms with Crippen molar-refractivity contribution in [3.05, 3.63) is 24.3 Å². The lowest BCUT2D eigenvalue weighted by Crippen LogP contribution is -2.40. The van der Waals surface area contributed by atoms with Crippen LogP contribution in [0.1, 0.15) is 19.3 Å². The maximum absolute atomic E-state index is 5.72. The van der Waals surface area contributed by atoms with Gasteiger partial charge in [0.05, 0.1) is 13.7 Å². The number of hydrogen-bond donors (Lipinski definition) is 2. The fraction of sp³-hybridized carbons (Fsp3) is 0.588. The summed E-state index contributed by atoms with van der Waals surface area (Å²) in [5, 5.41) is 7.45. The molecule has 2 N–H and O–H groups in total. The fourth-order valence-electron chi connectivity index (χ4n) is 2.40. The molecule has 0 saturated carbocycles. The Morgan fingerprint density at radius 2 is 2.22 bits per heavy atom. The molecule has 2 rings (SSSR count). The predicted molar refractivity (Wildman–Crippen MR) is 98.0 cm³/mol. The Kier molecular flexibility index (Phi) is 7.93. The number of hydrogen-bond acceptors (Lipinski definition) is 4. The minimum Gasteiger partial charge on any atom is -0.497 e. The number of benzene rings is 1. The van der Waals surface area contributed by atoms with Crippen LogP contribution in [0.2, 0.25) is 0 Å². The zero-order valence-corrected chi connectivity index (χ0v) is 14.8. The van der Waals surface area contributed by atoms with Crippen LogP contribution in [0.3, 0.4) is 0 Å². The van der Waals surface area contributed by atoms with Crippen LogP contribution in [0.5, 0.6) is 11.5 Å². The van der Waals surface area contributed by atoms with Crippen LogP contribution in [0.15, 0.2) is 29.3 Å². The van der Waals surface area contributed by atoms with E-state index < -0.39 is 0 Å². The number of rotatable bonds is 8.